The van der Waals surface area contributed by atoms with E-state index in [1.807, 2.05) is 6.08 Å². The van der Waals surface area contributed by atoms with E-state index >= 15 is 0 Å². The molecule has 0 saturated heterocycles. The second-order valence-electron chi connectivity index (χ2n) is 8.01. The second-order valence-corrected chi connectivity index (χ2v) is 10.5. The van der Waals surface area contributed by atoms with Gasteiger partial charge in [0.1, 0.15) is 0 Å². The average Bonchev–Trinajstić information content (AvgIpc) is 2.69. The Kier molecular flexibility index (Phi) is 10.1. The smallest absolute Gasteiger partial charge is 0.242 e. The van der Waals surface area contributed by atoms with Crippen LogP contribution in [0.1, 0.15) is 38.5 Å². The monoisotopic (exact) mass is 442 g/mol. The molecule has 0 radical (unpaired) electrons. The van der Waals surface area contributed by atoms with Crippen molar-refractivity contribution in [2.45, 2.75) is 49.5 Å². The fourth-order valence-corrected chi connectivity index (χ4v) is 5.15. The molecular weight excluding hydrogens is 408 g/mol. The Morgan fingerprint density at radius 3 is 2.41 bits per heavy atom. The molecule has 0 aliphatic heterocycles. The largest absolute Gasteiger partial charge is 0.378 e. The van der Waals surface area contributed by atoms with Crippen LogP contribution in [0.5, 0.6) is 0 Å². The van der Waals surface area contributed by atoms with Crippen LogP contribution in [0.2, 0.25) is 5.02 Å². The minimum Gasteiger partial charge on any atom is -0.378 e. The maximum atomic E-state index is 12.7. The third kappa shape index (κ3) is 8.02. The summed E-state index contributed by atoms with van der Waals surface area (Å²) in [6.07, 6.45) is 8.48. The first-order valence-corrected chi connectivity index (χ1v) is 12.3. The molecule has 1 aromatic rings. The summed E-state index contributed by atoms with van der Waals surface area (Å²) in [6.45, 7) is 7.10. The fourth-order valence-electron chi connectivity index (χ4n) is 3.77. The van der Waals surface area contributed by atoms with Crippen LogP contribution < -0.4 is 0 Å². The summed E-state index contributed by atoms with van der Waals surface area (Å²) in [6, 6.07) is 6.35. The molecule has 0 unspecified atom stereocenters. The molecule has 1 saturated carbocycles. The second kappa shape index (κ2) is 12.1. The number of benzene rings is 1. The van der Waals surface area contributed by atoms with Gasteiger partial charge in [-0.3, -0.25) is 0 Å². The molecule has 0 spiro atoms. The Morgan fingerprint density at radius 1 is 1.14 bits per heavy atom. The highest BCUT2D eigenvalue weighted by Gasteiger charge is 2.27. The van der Waals surface area contributed by atoms with Gasteiger partial charge in [0.25, 0.3) is 0 Å². The molecule has 0 atom stereocenters. The molecule has 2 rings (SSSR count). The molecule has 164 valence electrons. The molecule has 1 aliphatic carbocycles. The van der Waals surface area contributed by atoms with Crippen LogP contribution in [-0.4, -0.2) is 64.1 Å². The highest BCUT2D eigenvalue weighted by atomic mass is 35.5. The van der Waals surface area contributed by atoms with Crippen LogP contribution in [0.25, 0.3) is 0 Å². The molecule has 1 fully saturated rings. The van der Waals surface area contributed by atoms with Crippen LogP contribution in [0, 0.1) is 5.92 Å². The molecule has 0 amide bonds. The third-order valence-corrected chi connectivity index (χ3v) is 7.65. The van der Waals surface area contributed by atoms with E-state index in [1.54, 1.807) is 31.3 Å². The summed E-state index contributed by atoms with van der Waals surface area (Å²) in [4.78, 5) is 2.55. The Balaban J connectivity index is 1.67. The molecule has 0 N–H and O–H groups in total. The van der Waals surface area contributed by atoms with Crippen LogP contribution in [0.15, 0.2) is 41.8 Å². The number of hydrogen-bond acceptors (Lipinski definition) is 4. The number of likely N-dealkylation sites (N-methyl/N-ethyl adjacent to an activating group) is 1. The van der Waals surface area contributed by atoms with Crippen LogP contribution in [-0.2, 0) is 14.8 Å². The first-order valence-electron chi connectivity index (χ1n) is 10.5. The molecule has 5 nitrogen and oxygen atoms in total. The molecular formula is C22H35ClN2O3S. The van der Waals surface area contributed by atoms with Crippen molar-refractivity contribution in [2.24, 2.45) is 5.92 Å². The Labute approximate surface area is 181 Å². The van der Waals surface area contributed by atoms with Crippen molar-refractivity contribution in [3.8, 4) is 0 Å². The normalized spacial score (nSPS) is 20.3. The Bertz CT molecular complexity index is 716. The number of rotatable bonds is 12. The number of nitrogens with zero attached hydrogens (tertiary/aromatic N) is 2. The van der Waals surface area contributed by atoms with Gasteiger partial charge in [-0.2, -0.15) is 0 Å². The van der Waals surface area contributed by atoms with Crippen molar-refractivity contribution in [1.29, 1.82) is 0 Å². The first kappa shape index (κ1) is 24.4. The van der Waals surface area contributed by atoms with Gasteiger partial charge in [0.15, 0.2) is 0 Å². The minimum atomic E-state index is -3.47. The molecule has 1 aliphatic rings. The SMILES string of the molecule is C=CCN(C)CCCCO[C@H]1CC[C@@H](CN(C)S(=O)(=O)c2ccc(Cl)cc2)CC1. The topological polar surface area (TPSA) is 49.9 Å². The average molecular weight is 443 g/mol. The van der Waals surface area contributed by atoms with Gasteiger partial charge in [0.2, 0.25) is 10.0 Å². The van der Waals surface area contributed by atoms with E-state index in [-0.39, 0.29) is 0 Å². The van der Waals surface area contributed by atoms with E-state index in [9.17, 15) is 8.42 Å². The lowest BCUT2D eigenvalue weighted by Gasteiger charge is -2.31. The van der Waals surface area contributed by atoms with Crippen molar-refractivity contribution < 1.29 is 13.2 Å². The molecule has 1 aromatic carbocycles. The van der Waals surface area contributed by atoms with Gasteiger partial charge in [0.05, 0.1) is 11.0 Å². The lowest BCUT2D eigenvalue weighted by Crippen LogP contribution is -2.34. The molecule has 0 heterocycles. The predicted molar refractivity (Wildman–Crippen MR) is 120 cm³/mol. The maximum Gasteiger partial charge on any atom is 0.242 e. The minimum absolute atomic E-state index is 0.292. The number of halogens is 1. The van der Waals surface area contributed by atoms with E-state index in [0.29, 0.717) is 28.5 Å². The molecule has 7 heteroatoms. The summed E-state index contributed by atoms with van der Waals surface area (Å²) in [5, 5.41) is 0.536. The van der Waals surface area contributed by atoms with Crippen molar-refractivity contribution >= 4 is 21.6 Å². The number of unbranched alkanes of at least 4 members (excludes halogenated alkanes) is 1. The van der Waals surface area contributed by atoms with Crippen molar-refractivity contribution in [3.05, 3.63) is 41.9 Å². The van der Waals surface area contributed by atoms with Crippen molar-refractivity contribution in [2.75, 3.05) is 40.3 Å². The van der Waals surface area contributed by atoms with Crippen molar-refractivity contribution in [3.63, 3.8) is 0 Å². The van der Waals surface area contributed by atoms with Gasteiger partial charge >= 0.3 is 0 Å². The summed E-state index contributed by atoms with van der Waals surface area (Å²) in [7, 11) is 0.301. The summed E-state index contributed by atoms with van der Waals surface area (Å²) in [5.74, 6) is 0.384. The first-order chi connectivity index (χ1) is 13.8. The van der Waals surface area contributed by atoms with Crippen LogP contribution in [0.4, 0.5) is 0 Å². The molecule has 0 aromatic heterocycles. The highest BCUT2D eigenvalue weighted by molar-refractivity contribution is 7.89. The van der Waals surface area contributed by atoms with Crippen LogP contribution >= 0.6 is 11.6 Å². The predicted octanol–water partition coefficient (Wildman–Crippen LogP) is 4.43. The number of sulfonamides is 1. The lowest BCUT2D eigenvalue weighted by molar-refractivity contribution is 0.0145. The van der Waals surface area contributed by atoms with Gasteiger partial charge in [-0.05, 0) is 82.3 Å². The van der Waals surface area contributed by atoms with E-state index in [2.05, 4.69) is 18.5 Å². The van der Waals surface area contributed by atoms with Crippen molar-refractivity contribution in [1.82, 2.24) is 9.21 Å². The fraction of sp³-hybridized carbons (Fsp3) is 0.636. The molecule has 29 heavy (non-hydrogen) atoms. The highest BCUT2D eigenvalue weighted by Crippen LogP contribution is 2.28. The zero-order chi connectivity index (χ0) is 21.3. The third-order valence-electron chi connectivity index (χ3n) is 5.56. The Hall–Kier alpha value is -0.920. The number of hydrogen-bond donors (Lipinski definition) is 0. The van der Waals surface area contributed by atoms with Gasteiger partial charge in [0, 0.05) is 31.8 Å². The summed E-state index contributed by atoms with van der Waals surface area (Å²) >= 11 is 5.86. The van der Waals surface area contributed by atoms with Gasteiger partial charge in [-0.25, -0.2) is 12.7 Å². The van der Waals surface area contributed by atoms with Crippen LogP contribution in [0.3, 0.4) is 0 Å². The zero-order valence-corrected chi connectivity index (χ0v) is 19.3. The van der Waals surface area contributed by atoms with E-state index in [1.165, 1.54) is 4.31 Å². The van der Waals surface area contributed by atoms with Gasteiger partial charge < -0.3 is 9.64 Å². The summed E-state index contributed by atoms with van der Waals surface area (Å²) < 4.78 is 33.0. The van der Waals surface area contributed by atoms with E-state index < -0.39 is 10.0 Å². The lowest BCUT2D eigenvalue weighted by atomic mass is 9.87. The van der Waals surface area contributed by atoms with Gasteiger partial charge in [-0.1, -0.05) is 17.7 Å². The summed E-state index contributed by atoms with van der Waals surface area (Å²) in [5.41, 5.74) is 0. The van der Waals surface area contributed by atoms with E-state index in [4.69, 9.17) is 16.3 Å². The van der Waals surface area contributed by atoms with E-state index in [0.717, 1.165) is 58.2 Å². The Morgan fingerprint density at radius 2 is 1.79 bits per heavy atom. The zero-order valence-electron chi connectivity index (χ0n) is 17.7. The standard InChI is InChI=1S/C22H35ClN2O3S/c1-4-15-24(2)16-5-6-17-28-21-11-7-19(8-12-21)18-25(3)29(26,27)22-13-9-20(23)10-14-22/h4,9-10,13-14,19,21H,1,5-8,11-12,15-18H2,2-3H3/t19-,21+. The van der Waals surface area contributed by atoms with Gasteiger partial charge in [-0.15, -0.1) is 6.58 Å². The maximum absolute atomic E-state index is 12.7. The molecule has 0 bridgehead atoms. The number of ether oxygens (including phenoxy) is 1. The quantitative estimate of drug-likeness (QED) is 0.355.